The van der Waals surface area contributed by atoms with Crippen molar-refractivity contribution in [3.63, 3.8) is 0 Å². The first-order valence-electron chi connectivity index (χ1n) is 11.3. The summed E-state index contributed by atoms with van der Waals surface area (Å²) in [5, 5.41) is 9.43. The second-order valence-electron chi connectivity index (χ2n) is 8.72. The summed E-state index contributed by atoms with van der Waals surface area (Å²) in [6, 6.07) is 7.26. The van der Waals surface area contributed by atoms with Crippen molar-refractivity contribution >= 4 is 45.1 Å². The van der Waals surface area contributed by atoms with Crippen molar-refractivity contribution in [2.75, 3.05) is 14.2 Å². The Morgan fingerprint density at radius 3 is 2.60 bits per heavy atom. The molecule has 184 valence electrons. The molecule has 0 unspecified atom stereocenters. The number of fused-ring (bicyclic) bond motifs is 5. The van der Waals surface area contributed by atoms with Gasteiger partial charge in [0.25, 0.3) is 5.56 Å². The van der Waals surface area contributed by atoms with E-state index in [2.05, 4.69) is 24.0 Å². The van der Waals surface area contributed by atoms with E-state index >= 15 is 0 Å². The zero-order chi connectivity index (χ0) is 24.9. The number of aromatic nitrogens is 4. The molecule has 5 rings (SSSR count). The maximum absolute atomic E-state index is 14.0. The maximum atomic E-state index is 14.0. The van der Waals surface area contributed by atoms with Crippen molar-refractivity contribution in [3.8, 4) is 11.4 Å². The number of methoxy groups -OCH3 is 2. The number of ether oxygens (including phenoxy) is 3. The third-order valence-electron chi connectivity index (χ3n) is 6.23. The molecule has 0 spiro atoms. The van der Waals surface area contributed by atoms with E-state index < -0.39 is 5.25 Å². The summed E-state index contributed by atoms with van der Waals surface area (Å²) in [6.45, 7) is 6.47. The Morgan fingerprint density at radius 1 is 1.20 bits per heavy atom. The lowest BCUT2D eigenvalue weighted by Crippen LogP contribution is -2.28. The Balaban J connectivity index is 1.80. The lowest BCUT2D eigenvalue weighted by Gasteiger charge is -2.26. The van der Waals surface area contributed by atoms with Gasteiger partial charge in [-0.2, -0.15) is 0 Å². The summed E-state index contributed by atoms with van der Waals surface area (Å²) in [4.78, 5) is 27.9. The topological polar surface area (TPSA) is 97.0 Å². The van der Waals surface area contributed by atoms with Crippen molar-refractivity contribution in [2.24, 2.45) is 5.92 Å². The Labute approximate surface area is 210 Å². The lowest BCUT2D eigenvalue weighted by molar-refractivity contribution is -0.139. The SMILES string of the molecule is COC(=O)[C@H](C)Sc1nnc2n(-c3ccc(OC)cc3)c(=O)c3c4c(sc3n12)CO[C@@H](C(C)C)C4. The predicted octanol–water partition coefficient (Wildman–Crippen LogP) is 3.85. The first-order valence-corrected chi connectivity index (χ1v) is 13.0. The minimum atomic E-state index is -0.493. The normalized spacial score (nSPS) is 16.6. The Bertz CT molecular complexity index is 1470. The van der Waals surface area contributed by atoms with Gasteiger partial charge in [-0.1, -0.05) is 25.6 Å². The van der Waals surface area contributed by atoms with Crippen LogP contribution < -0.4 is 10.3 Å². The van der Waals surface area contributed by atoms with Crippen LogP contribution in [-0.4, -0.2) is 50.7 Å². The Morgan fingerprint density at radius 2 is 1.94 bits per heavy atom. The molecule has 1 aromatic carbocycles. The van der Waals surface area contributed by atoms with Crippen LogP contribution in [-0.2, 0) is 27.3 Å². The highest BCUT2D eigenvalue weighted by molar-refractivity contribution is 8.00. The largest absolute Gasteiger partial charge is 0.497 e. The van der Waals surface area contributed by atoms with E-state index in [0.717, 1.165) is 15.3 Å². The molecule has 2 atom stereocenters. The molecule has 0 radical (unpaired) electrons. The van der Waals surface area contributed by atoms with Gasteiger partial charge in [0.05, 0.1) is 38.0 Å². The van der Waals surface area contributed by atoms with Crippen LogP contribution in [0.25, 0.3) is 21.7 Å². The van der Waals surface area contributed by atoms with Crippen LogP contribution in [0.3, 0.4) is 0 Å². The first-order chi connectivity index (χ1) is 16.8. The van der Waals surface area contributed by atoms with E-state index in [1.54, 1.807) is 30.7 Å². The number of rotatable bonds is 6. The molecule has 0 amide bonds. The maximum Gasteiger partial charge on any atom is 0.318 e. The van der Waals surface area contributed by atoms with Crippen molar-refractivity contribution in [2.45, 2.75) is 50.3 Å². The molecule has 0 aliphatic carbocycles. The minimum absolute atomic E-state index is 0.0407. The highest BCUT2D eigenvalue weighted by Gasteiger charge is 2.30. The van der Waals surface area contributed by atoms with Gasteiger partial charge in [-0.3, -0.25) is 9.59 Å². The number of hydrogen-bond acceptors (Lipinski definition) is 9. The van der Waals surface area contributed by atoms with Gasteiger partial charge in [-0.15, -0.1) is 21.5 Å². The highest BCUT2D eigenvalue weighted by Crippen LogP contribution is 2.38. The van der Waals surface area contributed by atoms with Gasteiger partial charge in [-0.25, -0.2) is 8.97 Å². The van der Waals surface area contributed by atoms with Gasteiger partial charge in [0.1, 0.15) is 15.8 Å². The van der Waals surface area contributed by atoms with Crippen molar-refractivity contribution in [3.05, 3.63) is 45.1 Å². The quantitative estimate of drug-likeness (QED) is 0.283. The number of thiophene rings is 1. The van der Waals surface area contributed by atoms with Crippen LogP contribution in [0.15, 0.2) is 34.2 Å². The number of hydrogen-bond donors (Lipinski definition) is 0. The molecule has 0 saturated carbocycles. The number of esters is 1. The van der Waals surface area contributed by atoms with Crippen LogP contribution in [0.5, 0.6) is 5.75 Å². The molecule has 4 aromatic rings. The third kappa shape index (κ3) is 4.01. The molecule has 1 aliphatic rings. The van der Waals surface area contributed by atoms with Crippen molar-refractivity contribution in [1.82, 2.24) is 19.2 Å². The minimum Gasteiger partial charge on any atom is -0.497 e. The van der Waals surface area contributed by atoms with E-state index in [1.165, 1.54) is 30.2 Å². The van der Waals surface area contributed by atoms with Crippen LogP contribution in [0.2, 0.25) is 0 Å². The molecule has 0 N–H and O–H groups in total. The summed E-state index contributed by atoms with van der Waals surface area (Å²) in [5.74, 6) is 1.04. The smallest absolute Gasteiger partial charge is 0.318 e. The van der Waals surface area contributed by atoms with Gasteiger partial charge in [0.2, 0.25) is 5.78 Å². The second-order valence-corrected chi connectivity index (χ2v) is 11.1. The number of nitrogens with zero attached hydrogens (tertiary/aromatic N) is 4. The summed E-state index contributed by atoms with van der Waals surface area (Å²) >= 11 is 2.77. The van der Waals surface area contributed by atoms with Crippen LogP contribution in [0.1, 0.15) is 31.2 Å². The number of carbonyl (C=O) groups excluding carboxylic acids is 1. The molecule has 0 fully saturated rings. The summed E-state index contributed by atoms with van der Waals surface area (Å²) in [5.41, 5.74) is 1.53. The highest BCUT2D eigenvalue weighted by atomic mass is 32.2. The number of benzene rings is 1. The second kappa shape index (κ2) is 9.29. The standard InChI is InChI=1S/C24H26N4O5S2/c1-12(2)17-10-16-18(11-33-17)35-21-19(16)20(29)27(14-6-8-15(31-4)9-7-14)23-25-26-24(28(21)23)34-13(3)22(30)32-5/h6-9,12-13,17H,10-11H2,1-5H3/t13-,17+/m0/s1. The van der Waals surface area contributed by atoms with Crippen LogP contribution in [0, 0.1) is 5.92 Å². The monoisotopic (exact) mass is 514 g/mol. The van der Waals surface area contributed by atoms with Crippen LogP contribution in [0.4, 0.5) is 0 Å². The van der Waals surface area contributed by atoms with Crippen LogP contribution >= 0.6 is 23.1 Å². The van der Waals surface area contributed by atoms with Crippen molar-refractivity contribution in [1.29, 1.82) is 0 Å². The summed E-state index contributed by atoms with van der Waals surface area (Å²) < 4.78 is 19.7. The zero-order valence-electron chi connectivity index (χ0n) is 20.1. The fraction of sp³-hybridized carbons (Fsp3) is 0.417. The average molecular weight is 515 g/mol. The molecule has 35 heavy (non-hydrogen) atoms. The van der Waals surface area contributed by atoms with Gasteiger partial charge in [0.15, 0.2) is 5.16 Å². The van der Waals surface area contributed by atoms with E-state index in [1.807, 2.05) is 16.5 Å². The fourth-order valence-corrected chi connectivity index (χ4v) is 6.45. The molecule has 0 saturated heterocycles. The van der Waals surface area contributed by atoms with E-state index in [0.29, 0.717) is 46.7 Å². The zero-order valence-corrected chi connectivity index (χ0v) is 21.7. The van der Waals surface area contributed by atoms with Gasteiger partial charge >= 0.3 is 5.97 Å². The predicted molar refractivity (Wildman–Crippen MR) is 135 cm³/mol. The number of carbonyl (C=O) groups is 1. The van der Waals surface area contributed by atoms with E-state index in [9.17, 15) is 9.59 Å². The molecule has 3 aromatic heterocycles. The Hall–Kier alpha value is -2.89. The summed E-state index contributed by atoms with van der Waals surface area (Å²) in [6.07, 6.45) is 0.707. The molecule has 11 heteroatoms. The molecule has 0 bridgehead atoms. The van der Waals surface area contributed by atoms with Gasteiger partial charge in [0, 0.05) is 11.3 Å². The Kier molecular flexibility index (Phi) is 6.32. The fourth-order valence-electron chi connectivity index (χ4n) is 4.28. The van der Waals surface area contributed by atoms with Crippen molar-refractivity contribution < 1.29 is 19.0 Å². The summed E-state index contributed by atoms with van der Waals surface area (Å²) in [7, 11) is 2.96. The average Bonchev–Trinajstić information content (AvgIpc) is 3.45. The van der Waals surface area contributed by atoms with E-state index in [-0.39, 0.29) is 17.6 Å². The molecule has 4 heterocycles. The van der Waals surface area contributed by atoms with Gasteiger partial charge < -0.3 is 14.2 Å². The lowest BCUT2D eigenvalue weighted by atomic mass is 9.96. The molecule has 9 nitrogen and oxygen atoms in total. The first kappa shape index (κ1) is 23.8. The van der Waals surface area contributed by atoms with Gasteiger partial charge in [-0.05, 0) is 42.7 Å². The molecular formula is C24H26N4O5S2. The molecular weight excluding hydrogens is 488 g/mol. The number of thioether (sulfide) groups is 1. The molecule has 1 aliphatic heterocycles. The van der Waals surface area contributed by atoms with E-state index in [4.69, 9.17) is 14.2 Å². The third-order valence-corrected chi connectivity index (χ3v) is 8.44.